The summed E-state index contributed by atoms with van der Waals surface area (Å²) in [6.45, 7) is 0. The lowest BCUT2D eigenvalue weighted by Gasteiger charge is -2.07. The Morgan fingerprint density at radius 3 is 2.86 bits per heavy atom. The molecule has 0 fully saturated rings. The summed E-state index contributed by atoms with van der Waals surface area (Å²) in [7, 11) is -3.88. The molecule has 3 aromatic rings. The average Bonchev–Trinajstić information content (AvgIpc) is 2.81. The number of H-pyrrole nitrogens is 1. The van der Waals surface area contributed by atoms with E-state index < -0.39 is 15.8 Å². The number of pyridine rings is 1. The summed E-state index contributed by atoms with van der Waals surface area (Å²) in [5, 5.41) is 0.690. The number of anilines is 1. The zero-order valence-corrected chi connectivity index (χ0v) is 12.0. The molecule has 0 bridgehead atoms. The molecule has 0 aliphatic heterocycles. The fraction of sp³-hybridized carbons (Fsp3) is 0. The molecule has 0 aliphatic rings. The number of sulfonamides is 1. The molecule has 3 rings (SSSR count). The highest BCUT2D eigenvalue weighted by Gasteiger charge is 2.20. The first-order chi connectivity index (χ1) is 9.95. The summed E-state index contributed by atoms with van der Waals surface area (Å²) in [4.78, 5) is 6.75. The Morgan fingerprint density at radius 1 is 1.29 bits per heavy atom. The summed E-state index contributed by atoms with van der Waals surface area (Å²) < 4.78 is 40.2. The van der Waals surface area contributed by atoms with Crippen LogP contribution in [-0.2, 0) is 10.0 Å². The standard InChI is InChI=1S/C13H9ClFN3O2S/c14-8-4-11-12(7-17-13(11)16-6-8)21(19,20)18-10-3-1-2-9(15)5-10/h1-7,18H,(H,16,17). The van der Waals surface area contributed by atoms with E-state index in [1.54, 1.807) is 0 Å². The van der Waals surface area contributed by atoms with Gasteiger partial charge in [0.25, 0.3) is 10.0 Å². The van der Waals surface area contributed by atoms with Crippen LogP contribution in [0, 0.1) is 5.82 Å². The number of nitrogens with zero attached hydrogens (tertiary/aromatic N) is 1. The Labute approximate surface area is 124 Å². The highest BCUT2D eigenvalue weighted by atomic mass is 35.5. The van der Waals surface area contributed by atoms with Crippen molar-refractivity contribution in [2.75, 3.05) is 4.72 Å². The van der Waals surface area contributed by atoms with Crippen LogP contribution in [0.25, 0.3) is 11.0 Å². The summed E-state index contributed by atoms with van der Waals surface area (Å²) in [5.74, 6) is -0.529. The predicted octanol–water partition coefficient (Wildman–Crippen LogP) is 3.16. The van der Waals surface area contributed by atoms with Gasteiger partial charge in [-0.1, -0.05) is 17.7 Å². The number of hydrogen-bond acceptors (Lipinski definition) is 3. The van der Waals surface area contributed by atoms with Crippen LogP contribution in [-0.4, -0.2) is 18.4 Å². The smallest absolute Gasteiger partial charge is 0.264 e. The molecule has 0 saturated carbocycles. The van der Waals surface area contributed by atoms with Crippen molar-refractivity contribution < 1.29 is 12.8 Å². The molecule has 1 aromatic carbocycles. The van der Waals surface area contributed by atoms with Gasteiger partial charge in [-0.2, -0.15) is 0 Å². The Balaban J connectivity index is 2.06. The van der Waals surface area contributed by atoms with E-state index in [1.807, 2.05) is 0 Å². The second-order valence-electron chi connectivity index (χ2n) is 4.32. The van der Waals surface area contributed by atoms with Crippen molar-refractivity contribution in [2.24, 2.45) is 0 Å². The molecule has 108 valence electrons. The molecule has 5 nitrogen and oxygen atoms in total. The van der Waals surface area contributed by atoms with Gasteiger partial charge in [0, 0.05) is 17.8 Å². The van der Waals surface area contributed by atoms with Gasteiger partial charge >= 0.3 is 0 Å². The lowest BCUT2D eigenvalue weighted by molar-refractivity contribution is 0.602. The van der Waals surface area contributed by atoms with Crippen LogP contribution in [0.3, 0.4) is 0 Å². The number of aromatic nitrogens is 2. The number of hydrogen-bond donors (Lipinski definition) is 2. The van der Waals surface area contributed by atoms with Gasteiger partial charge in [-0.05, 0) is 24.3 Å². The summed E-state index contributed by atoms with van der Waals surface area (Å²) in [6.07, 6.45) is 2.73. The molecule has 0 atom stereocenters. The average molecular weight is 326 g/mol. The minimum Gasteiger partial charge on any atom is -0.345 e. The molecule has 2 aromatic heterocycles. The molecule has 0 aliphatic carbocycles. The van der Waals surface area contributed by atoms with E-state index in [0.29, 0.717) is 16.1 Å². The normalized spacial score (nSPS) is 11.7. The van der Waals surface area contributed by atoms with Crippen LogP contribution in [0.2, 0.25) is 5.02 Å². The minimum absolute atomic E-state index is 0.00300. The van der Waals surface area contributed by atoms with E-state index in [0.717, 1.165) is 6.07 Å². The molecular formula is C13H9ClFN3O2S. The van der Waals surface area contributed by atoms with E-state index >= 15 is 0 Å². The highest BCUT2D eigenvalue weighted by molar-refractivity contribution is 7.93. The van der Waals surface area contributed by atoms with Crippen molar-refractivity contribution in [1.82, 2.24) is 9.97 Å². The fourth-order valence-electron chi connectivity index (χ4n) is 1.94. The molecule has 0 spiro atoms. The van der Waals surface area contributed by atoms with Gasteiger partial charge in [0.2, 0.25) is 0 Å². The quantitative estimate of drug-likeness (QED) is 0.776. The van der Waals surface area contributed by atoms with E-state index in [9.17, 15) is 12.8 Å². The molecular weight excluding hydrogens is 317 g/mol. The lowest BCUT2D eigenvalue weighted by atomic mass is 10.3. The van der Waals surface area contributed by atoms with Crippen molar-refractivity contribution in [3.05, 3.63) is 53.6 Å². The van der Waals surface area contributed by atoms with Crippen LogP contribution in [0.1, 0.15) is 0 Å². The van der Waals surface area contributed by atoms with E-state index in [1.165, 1.54) is 36.7 Å². The SMILES string of the molecule is O=S(=O)(Nc1cccc(F)c1)c1c[nH]c2ncc(Cl)cc12. The van der Waals surface area contributed by atoms with E-state index in [2.05, 4.69) is 14.7 Å². The second-order valence-corrected chi connectivity index (χ2v) is 6.41. The number of halogens is 2. The van der Waals surface area contributed by atoms with Gasteiger partial charge in [0.05, 0.1) is 10.7 Å². The maximum atomic E-state index is 13.1. The zero-order valence-electron chi connectivity index (χ0n) is 10.5. The van der Waals surface area contributed by atoms with Gasteiger partial charge in [-0.25, -0.2) is 17.8 Å². The summed E-state index contributed by atoms with van der Waals surface area (Å²) >= 11 is 5.84. The van der Waals surface area contributed by atoms with Crippen LogP contribution < -0.4 is 4.72 Å². The predicted molar refractivity (Wildman–Crippen MR) is 78.3 cm³/mol. The first-order valence-corrected chi connectivity index (χ1v) is 7.73. The molecule has 0 saturated heterocycles. The van der Waals surface area contributed by atoms with Crippen LogP contribution in [0.4, 0.5) is 10.1 Å². The van der Waals surface area contributed by atoms with Gasteiger partial charge in [-0.3, -0.25) is 4.72 Å². The first kappa shape index (κ1) is 13.8. The Hall–Kier alpha value is -2.12. The van der Waals surface area contributed by atoms with E-state index in [-0.39, 0.29) is 10.6 Å². The number of rotatable bonds is 3. The summed E-state index contributed by atoms with van der Waals surface area (Å²) in [5.41, 5.74) is 0.540. The van der Waals surface area contributed by atoms with E-state index in [4.69, 9.17) is 11.6 Å². The third-order valence-corrected chi connectivity index (χ3v) is 4.45. The number of aromatic amines is 1. The summed E-state index contributed by atoms with van der Waals surface area (Å²) in [6, 6.07) is 6.70. The van der Waals surface area contributed by atoms with Gasteiger partial charge in [-0.15, -0.1) is 0 Å². The third kappa shape index (κ3) is 2.70. The second kappa shape index (κ2) is 5.01. The molecule has 2 heterocycles. The van der Waals surface area contributed by atoms with Crippen molar-refractivity contribution in [3.63, 3.8) is 0 Å². The Bertz CT molecular complexity index is 924. The van der Waals surface area contributed by atoms with Gasteiger partial charge in [0.15, 0.2) is 0 Å². The topological polar surface area (TPSA) is 74.8 Å². The van der Waals surface area contributed by atoms with Crippen molar-refractivity contribution in [3.8, 4) is 0 Å². The number of fused-ring (bicyclic) bond motifs is 1. The van der Waals surface area contributed by atoms with Crippen molar-refractivity contribution in [2.45, 2.75) is 4.90 Å². The largest absolute Gasteiger partial charge is 0.345 e. The van der Waals surface area contributed by atoms with Gasteiger partial charge < -0.3 is 4.98 Å². The number of benzene rings is 1. The fourth-order valence-corrected chi connectivity index (χ4v) is 3.30. The van der Waals surface area contributed by atoms with Crippen LogP contribution >= 0.6 is 11.6 Å². The lowest BCUT2D eigenvalue weighted by Crippen LogP contribution is -2.12. The van der Waals surface area contributed by atoms with Crippen molar-refractivity contribution >= 4 is 38.3 Å². The highest BCUT2D eigenvalue weighted by Crippen LogP contribution is 2.25. The molecule has 0 unspecified atom stereocenters. The van der Waals surface area contributed by atoms with Gasteiger partial charge in [0.1, 0.15) is 16.4 Å². The van der Waals surface area contributed by atoms with Crippen LogP contribution in [0.15, 0.2) is 47.6 Å². The van der Waals surface area contributed by atoms with Crippen LogP contribution in [0.5, 0.6) is 0 Å². The monoisotopic (exact) mass is 325 g/mol. The molecule has 8 heteroatoms. The maximum absolute atomic E-state index is 13.1. The minimum atomic E-state index is -3.88. The molecule has 21 heavy (non-hydrogen) atoms. The Kier molecular flexibility index (Phi) is 3.30. The third-order valence-electron chi connectivity index (χ3n) is 2.83. The first-order valence-electron chi connectivity index (χ1n) is 5.87. The Morgan fingerprint density at radius 2 is 2.10 bits per heavy atom. The maximum Gasteiger partial charge on any atom is 0.264 e. The molecule has 0 amide bonds. The zero-order chi connectivity index (χ0) is 15.0. The molecule has 0 radical (unpaired) electrons. The van der Waals surface area contributed by atoms with Crippen molar-refractivity contribution in [1.29, 1.82) is 0 Å². The molecule has 2 N–H and O–H groups in total. The number of nitrogens with one attached hydrogen (secondary N) is 2.